The highest BCUT2D eigenvalue weighted by molar-refractivity contribution is 7.92. The fourth-order valence-electron chi connectivity index (χ4n) is 2.89. The van der Waals surface area contributed by atoms with Gasteiger partial charge in [0.1, 0.15) is 0 Å². The minimum atomic E-state index is -3.86. The molecule has 1 saturated heterocycles. The van der Waals surface area contributed by atoms with Gasteiger partial charge in [0.25, 0.3) is 10.0 Å². The summed E-state index contributed by atoms with van der Waals surface area (Å²) in [5, 5.41) is 0. The lowest BCUT2D eigenvalue weighted by Crippen LogP contribution is -2.25. The zero-order chi connectivity index (χ0) is 18.7. The maximum Gasteiger partial charge on any atom is 0.262 e. The summed E-state index contributed by atoms with van der Waals surface area (Å²) in [6.45, 7) is 0.577. The van der Waals surface area contributed by atoms with Crippen molar-refractivity contribution < 1.29 is 22.7 Å². The van der Waals surface area contributed by atoms with E-state index in [0.717, 1.165) is 6.42 Å². The number of ether oxygens (including phenoxy) is 2. The number of amides is 1. The Morgan fingerprint density at radius 1 is 1.04 bits per heavy atom. The van der Waals surface area contributed by atoms with E-state index in [4.69, 9.17) is 9.47 Å². The maximum absolute atomic E-state index is 12.8. The van der Waals surface area contributed by atoms with E-state index in [9.17, 15) is 13.2 Å². The first-order chi connectivity index (χ1) is 12.5. The Morgan fingerprint density at radius 2 is 1.77 bits per heavy atom. The van der Waals surface area contributed by atoms with Gasteiger partial charge in [0.2, 0.25) is 5.91 Å². The van der Waals surface area contributed by atoms with Crippen LogP contribution < -0.4 is 19.1 Å². The molecule has 1 heterocycles. The van der Waals surface area contributed by atoms with Crippen molar-refractivity contribution in [2.45, 2.75) is 17.7 Å². The first-order valence-electron chi connectivity index (χ1n) is 8.10. The molecule has 8 heteroatoms. The number of nitrogens with zero attached hydrogens (tertiary/aromatic N) is 1. The fourth-order valence-corrected chi connectivity index (χ4v) is 3.97. The van der Waals surface area contributed by atoms with Gasteiger partial charge in [-0.25, -0.2) is 8.42 Å². The fraction of sp³-hybridized carbons (Fsp3) is 0.278. The van der Waals surface area contributed by atoms with E-state index in [1.165, 1.54) is 32.4 Å². The number of nitrogens with one attached hydrogen (secondary N) is 1. The van der Waals surface area contributed by atoms with E-state index < -0.39 is 10.0 Å². The van der Waals surface area contributed by atoms with Crippen LogP contribution in [-0.2, 0) is 14.8 Å². The number of para-hydroxylation sites is 2. The Kier molecular flexibility index (Phi) is 5.03. The number of sulfonamides is 1. The Balaban J connectivity index is 1.95. The van der Waals surface area contributed by atoms with Crippen LogP contribution in [0.2, 0.25) is 0 Å². The zero-order valence-corrected chi connectivity index (χ0v) is 15.4. The van der Waals surface area contributed by atoms with E-state index in [2.05, 4.69) is 4.72 Å². The SMILES string of the molecule is COc1ccc(S(=O)(=O)Nc2ccccc2N2CCCC2=O)cc1OC. The average Bonchev–Trinajstić information content (AvgIpc) is 3.07. The molecule has 0 spiro atoms. The van der Waals surface area contributed by atoms with Gasteiger partial charge in [0, 0.05) is 19.0 Å². The molecule has 138 valence electrons. The predicted octanol–water partition coefficient (Wildman–Crippen LogP) is 2.63. The largest absolute Gasteiger partial charge is 0.493 e. The Labute approximate surface area is 152 Å². The quantitative estimate of drug-likeness (QED) is 0.838. The third kappa shape index (κ3) is 3.45. The van der Waals surface area contributed by atoms with Crippen LogP contribution in [0, 0.1) is 0 Å². The molecule has 1 aliphatic rings. The molecule has 0 bridgehead atoms. The van der Waals surface area contributed by atoms with Crippen LogP contribution in [0.15, 0.2) is 47.4 Å². The monoisotopic (exact) mass is 376 g/mol. The number of anilines is 2. The second kappa shape index (κ2) is 7.25. The number of hydrogen-bond acceptors (Lipinski definition) is 5. The lowest BCUT2D eigenvalue weighted by Gasteiger charge is -2.20. The summed E-state index contributed by atoms with van der Waals surface area (Å²) in [6, 6.07) is 11.2. The number of benzene rings is 2. The van der Waals surface area contributed by atoms with Crippen LogP contribution >= 0.6 is 0 Å². The van der Waals surface area contributed by atoms with Crippen molar-refractivity contribution in [1.29, 1.82) is 0 Å². The molecule has 1 aliphatic heterocycles. The Morgan fingerprint density at radius 3 is 2.42 bits per heavy atom. The number of hydrogen-bond donors (Lipinski definition) is 1. The molecular formula is C18H20N2O5S. The minimum Gasteiger partial charge on any atom is -0.493 e. The molecule has 0 aromatic heterocycles. The highest BCUT2D eigenvalue weighted by Crippen LogP contribution is 2.33. The number of rotatable bonds is 6. The lowest BCUT2D eigenvalue weighted by molar-refractivity contribution is -0.117. The summed E-state index contributed by atoms with van der Waals surface area (Å²) in [4.78, 5) is 13.7. The van der Waals surface area contributed by atoms with E-state index in [0.29, 0.717) is 35.8 Å². The maximum atomic E-state index is 12.8. The highest BCUT2D eigenvalue weighted by Gasteiger charge is 2.25. The van der Waals surface area contributed by atoms with Gasteiger partial charge in [-0.05, 0) is 30.7 Å². The van der Waals surface area contributed by atoms with E-state index in [-0.39, 0.29) is 10.8 Å². The van der Waals surface area contributed by atoms with Crippen LogP contribution in [0.5, 0.6) is 11.5 Å². The second-order valence-electron chi connectivity index (χ2n) is 5.79. The van der Waals surface area contributed by atoms with Crippen LogP contribution in [0.1, 0.15) is 12.8 Å². The first kappa shape index (κ1) is 18.1. The lowest BCUT2D eigenvalue weighted by atomic mass is 10.2. The van der Waals surface area contributed by atoms with Crippen molar-refractivity contribution in [2.75, 3.05) is 30.4 Å². The van der Waals surface area contributed by atoms with Gasteiger partial charge < -0.3 is 14.4 Å². The topological polar surface area (TPSA) is 84.9 Å². The Bertz CT molecular complexity index is 927. The summed E-state index contributed by atoms with van der Waals surface area (Å²) in [5.74, 6) is 0.746. The number of carbonyl (C=O) groups excluding carboxylic acids is 1. The number of carbonyl (C=O) groups is 1. The van der Waals surface area contributed by atoms with Gasteiger partial charge in [-0.3, -0.25) is 9.52 Å². The second-order valence-corrected chi connectivity index (χ2v) is 7.47. The summed E-state index contributed by atoms with van der Waals surface area (Å²) >= 11 is 0. The molecule has 0 unspecified atom stereocenters. The third-order valence-corrected chi connectivity index (χ3v) is 5.54. The zero-order valence-electron chi connectivity index (χ0n) is 14.6. The van der Waals surface area contributed by atoms with Crippen LogP contribution in [-0.4, -0.2) is 35.1 Å². The molecule has 0 atom stereocenters. The Hall–Kier alpha value is -2.74. The minimum absolute atomic E-state index is 0.0113. The molecule has 2 aromatic carbocycles. The van der Waals surface area contributed by atoms with Crippen molar-refractivity contribution in [3.8, 4) is 11.5 Å². The standard InChI is InChI=1S/C18H20N2O5S/c1-24-16-10-9-13(12-17(16)25-2)26(22,23)19-14-6-3-4-7-15(14)20-11-5-8-18(20)21/h3-4,6-7,9-10,12,19H,5,8,11H2,1-2H3. The van der Waals surface area contributed by atoms with Crippen molar-refractivity contribution >= 4 is 27.3 Å². The molecule has 7 nitrogen and oxygen atoms in total. The van der Waals surface area contributed by atoms with E-state index >= 15 is 0 Å². The summed E-state index contributed by atoms with van der Waals surface area (Å²) in [6.07, 6.45) is 1.23. The average molecular weight is 376 g/mol. The normalized spacial score (nSPS) is 14.4. The molecule has 26 heavy (non-hydrogen) atoms. The van der Waals surface area contributed by atoms with Crippen LogP contribution in [0.3, 0.4) is 0 Å². The molecule has 0 aliphatic carbocycles. The van der Waals surface area contributed by atoms with Crippen molar-refractivity contribution in [3.63, 3.8) is 0 Å². The molecule has 0 saturated carbocycles. The van der Waals surface area contributed by atoms with E-state index in [1.807, 2.05) is 0 Å². The molecule has 1 fully saturated rings. The van der Waals surface area contributed by atoms with Gasteiger partial charge >= 0.3 is 0 Å². The van der Waals surface area contributed by atoms with Crippen molar-refractivity contribution in [2.24, 2.45) is 0 Å². The van der Waals surface area contributed by atoms with E-state index in [1.54, 1.807) is 29.2 Å². The summed E-state index contributed by atoms with van der Waals surface area (Å²) in [5.41, 5.74) is 0.914. The molecule has 1 amide bonds. The summed E-state index contributed by atoms with van der Waals surface area (Å²) in [7, 11) is -0.944. The molecule has 2 aromatic rings. The molecule has 1 N–H and O–H groups in total. The predicted molar refractivity (Wildman–Crippen MR) is 98.4 cm³/mol. The van der Waals surface area contributed by atoms with Gasteiger partial charge in [-0.2, -0.15) is 0 Å². The van der Waals surface area contributed by atoms with Crippen molar-refractivity contribution in [3.05, 3.63) is 42.5 Å². The van der Waals surface area contributed by atoms with Crippen LogP contribution in [0.4, 0.5) is 11.4 Å². The van der Waals surface area contributed by atoms with Gasteiger partial charge in [-0.1, -0.05) is 12.1 Å². The first-order valence-corrected chi connectivity index (χ1v) is 9.59. The molecule has 3 rings (SSSR count). The third-order valence-electron chi connectivity index (χ3n) is 4.18. The van der Waals surface area contributed by atoms with Gasteiger partial charge in [0.15, 0.2) is 11.5 Å². The highest BCUT2D eigenvalue weighted by atomic mass is 32.2. The smallest absolute Gasteiger partial charge is 0.262 e. The van der Waals surface area contributed by atoms with Gasteiger partial charge in [-0.15, -0.1) is 0 Å². The van der Waals surface area contributed by atoms with Crippen LogP contribution in [0.25, 0.3) is 0 Å². The molecule has 0 radical (unpaired) electrons. The number of methoxy groups -OCH3 is 2. The molecular weight excluding hydrogens is 356 g/mol. The van der Waals surface area contributed by atoms with Crippen molar-refractivity contribution in [1.82, 2.24) is 0 Å². The van der Waals surface area contributed by atoms with Gasteiger partial charge in [0.05, 0.1) is 30.5 Å². The summed E-state index contributed by atoms with van der Waals surface area (Å²) < 4.78 is 38.5.